The topological polar surface area (TPSA) is 35.5 Å². The van der Waals surface area contributed by atoms with Gasteiger partial charge < -0.3 is 15.3 Å². The van der Waals surface area contributed by atoms with E-state index in [0.717, 1.165) is 19.5 Å². The van der Waals surface area contributed by atoms with Crippen LogP contribution in [0.25, 0.3) is 0 Å². The predicted octanol–water partition coefficient (Wildman–Crippen LogP) is 0.833. The molecule has 0 spiro atoms. The van der Waals surface area contributed by atoms with Gasteiger partial charge in [-0.05, 0) is 65.3 Å². The van der Waals surface area contributed by atoms with Gasteiger partial charge in [0.15, 0.2) is 0 Å². The summed E-state index contributed by atoms with van der Waals surface area (Å²) in [5.74, 6) is 0. The number of nitrogens with zero attached hydrogens (tertiary/aromatic N) is 1. The Morgan fingerprint density at radius 2 is 2.00 bits per heavy atom. The normalized spacial score (nSPS) is 20.1. The second-order valence-electron chi connectivity index (χ2n) is 4.29. The lowest BCUT2D eigenvalue weighted by atomic mass is 10.3. The predicted molar refractivity (Wildman–Crippen MR) is 59.5 cm³/mol. The van der Waals surface area contributed by atoms with Gasteiger partial charge in [-0.25, -0.2) is 0 Å². The standard InChI is InChI=1S/C11H24N2O/c1-11(14)5-7-12-6-4-10-13-8-2-3-9-13/h11-12,14H,2-10H2,1H3. The molecule has 14 heavy (non-hydrogen) atoms. The Kier molecular flexibility index (Phi) is 6.15. The molecule has 0 aromatic rings. The minimum Gasteiger partial charge on any atom is -0.393 e. The summed E-state index contributed by atoms with van der Waals surface area (Å²) in [6.07, 6.45) is 4.70. The maximum atomic E-state index is 9.03. The molecule has 1 saturated heterocycles. The van der Waals surface area contributed by atoms with Crippen LogP contribution >= 0.6 is 0 Å². The van der Waals surface area contributed by atoms with Crippen LogP contribution in [0.3, 0.4) is 0 Å². The molecule has 2 N–H and O–H groups in total. The first-order chi connectivity index (χ1) is 6.79. The minimum absolute atomic E-state index is 0.166. The monoisotopic (exact) mass is 200 g/mol. The molecule has 1 atom stereocenters. The van der Waals surface area contributed by atoms with E-state index >= 15 is 0 Å². The van der Waals surface area contributed by atoms with Crippen molar-refractivity contribution in [1.29, 1.82) is 0 Å². The quantitative estimate of drug-likeness (QED) is 0.598. The first-order valence-electron chi connectivity index (χ1n) is 5.90. The van der Waals surface area contributed by atoms with E-state index in [1.165, 1.54) is 38.9 Å². The van der Waals surface area contributed by atoms with Crippen LogP contribution in [0.2, 0.25) is 0 Å². The molecule has 0 bridgehead atoms. The van der Waals surface area contributed by atoms with Crippen molar-refractivity contribution in [1.82, 2.24) is 10.2 Å². The average molecular weight is 200 g/mol. The molecule has 0 aliphatic carbocycles. The molecule has 0 aromatic carbocycles. The highest BCUT2D eigenvalue weighted by Crippen LogP contribution is 2.06. The molecule has 0 saturated carbocycles. The zero-order valence-corrected chi connectivity index (χ0v) is 9.34. The molecular formula is C11H24N2O. The van der Waals surface area contributed by atoms with Gasteiger partial charge in [-0.2, -0.15) is 0 Å². The minimum atomic E-state index is -0.166. The second-order valence-corrected chi connectivity index (χ2v) is 4.29. The zero-order valence-electron chi connectivity index (χ0n) is 9.34. The van der Waals surface area contributed by atoms with Crippen molar-refractivity contribution in [3.05, 3.63) is 0 Å². The van der Waals surface area contributed by atoms with E-state index in [2.05, 4.69) is 10.2 Å². The summed E-state index contributed by atoms with van der Waals surface area (Å²) >= 11 is 0. The zero-order chi connectivity index (χ0) is 10.2. The molecular weight excluding hydrogens is 176 g/mol. The van der Waals surface area contributed by atoms with Crippen LogP contribution in [0.1, 0.15) is 32.6 Å². The maximum Gasteiger partial charge on any atom is 0.0524 e. The number of hydrogen-bond donors (Lipinski definition) is 2. The van der Waals surface area contributed by atoms with Crippen LogP contribution in [0.15, 0.2) is 0 Å². The van der Waals surface area contributed by atoms with Crippen LogP contribution < -0.4 is 5.32 Å². The Morgan fingerprint density at radius 3 is 2.64 bits per heavy atom. The van der Waals surface area contributed by atoms with Gasteiger partial charge >= 0.3 is 0 Å². The van der Waals surface area contributed by atoms with Gasteiger partial charge in [0.05, 0.1) is 6.10 Å². The lowest BCUT2D eigenvalue weighted by Crippen LogP contribution is -2.26. The van der Waals surface area contributed by atoms with Gasteiger partial charge in [0.2, 0.25) is 0 Å². The Balaban J connectivity index is 1.79. The summed E-state index contributed by atoms with van der Waals surface area (Å²) in [4.78, 5) is 2.54. The first-order valence-corrected chi connectivity index (χ1v) is 5.90. The van der Waals surface area contributed by atoms with Crippen LogP contribution in [0, 0.1) is 0 Å². The molecule has 1 aliphatic heterocycles. The lowest BCUT2D eigenvalue weighted by molar-refractivity contribution is 0.183. The van der Waals surface area contributed by atoms with Crippen molar-refractivity contribution < 1.29 is 5.11 Å². The lowest BCUT2D eigenvalue weighted by Gasteiger charge is -2.14. The van der Waals surface area contributed by atoms with E-state index in [0.29, 0.717) is 0 Å². The molecule has 0 amide bonds. The molecule has 3 nitrogen and oxygen atoms in total. The van der Waals surface area contributed by atoms with Gasteiger partial charge in [-0.15, -0.1) is 0 Å². The van der Waals surface area contributed by atoms with Gasteiger partial charge in [-0.1, -0.05) is 0 Å². The number of rotatable bonds is 7. The number of nitrogens with one attached hydrogen (secondary N) is 1. The van der Waals surface area contributed by atoms with Crippen molar-refractivity contribution in [3.63, 3.8) is 0 Å². The summed E-state index contributed by atoms with van der Waals surface area (Å²) in [5.41, 5.74) is 0. The van der Waals surface area contributed by atoms with E-state index in [9.17, 15) is 0 Å². The highest BCUT2D eigenvalue weighted by atomic mass is 16.3. The van der Waals surface area contributed by atoms with Crippen LogP contribution in [0.5, 0.6) is 0 Å². The molecule has 3 heteroatoms. The van der Waals surface area contributed by atoms with Crippen molar-refractivity contribution in [2.75, 3.05) is 32.7 Å². The Bertz CT molecular complexity index is 133. The van der Waals surface area contributed by atoms with Gasteiger partial charge in [-0.3, -0.25) is 0 Å². The molecule has 1 rings (SSSR count). The summed E-state index contributed by atoms with van der Waals surface area (Å²) in [6.45, 7) is 7.70. The highest BCUT2D eigenvalue weighted by molar-refractivity contribution is 4.66. The van der Waals surface area contributed by atoms with Gasteiger partial charge in [0, 0.05) is 0 Å². The summed E-state index contributed by atoms with van der Waals surface area (Å²) in [5, 5.41) is 12.4. The van der Waals surface area contributed by atoms with E-state index in [-0.39, 0.29) is 6.10 Å². The Labute approximate surface area is 87.5 Å². The SMILES string of the molecule is CC(O)CCNCCCN1CCCC1. The number of aliphatic hydroxyl groups excluding tert-OH is 1. The van der Waals surface area contributed by atoms with Crippen molar-refractivity contribution in [2.24, 2.45) is 0 Å². The first kappa shape index (κ1) is 12.0. The van der Waals surface area contributed by atoms with E-state index < -0.39 is 0 Å². The Hall–Kier alpha value is -0.120. The smallest absolute Gasteiger partial charge is 0.0524 e. The number of aliphatic hydroxyl groups is 1. The molecule has 1 aliphatic rings. The molecule has 0 aromatic heterocycles. The largest absolute Gasteiger partial charge is 0.393 e. The van der Waals surface area contributed by atoms with Crippen LogP contribution in [-0.2, 0) is 0 Å². The summed E-state index contributed by atoms with van der Waals surface area (Å²) in [7, 11) is 0. The molecule has 0 radical (unpaired) electrons. The fourth-order valence-electron chi connectivity index (χ4n) is 1.87. The fourth-order valence-corrected chi connectivity index (χ4v) is 1.87. The maximum absolute atomic E-state index is 9.03. The summed E-state index contributed by atoms with van der Waals surface area (Å²) < 4.78 is 0. The third-order valence-corrected chi connectivity index (χ3v) is 2.77. The molecule has 1 heterocycles. The van der Waals surface area contributed by atoms with E-state index in [1.807, 2.05) is 6.92 Å². The summed E-state index contributed by atoms with van der Waals surface area (Å²) in [6, 6.07) is 0. The van der Waals surface area contributed by atoms with Crippen LogP contribution in [0.4, 0.5) is 0 Å². The van der Waals surface area contributed by atoms with Gasteiger partial charge in [0.25, 0.3) is 0 Å². The van der Waals surface area contributed by atoms with E-state index in [4.69, 9.17) is 5.11 Å². The average Bonchev–Trinajstić information content (AvgIpc) is 2.63. The third-order valence-electron chi connectivity index (χ3n) is 2.77. The van der Waals surface area contributed by atoms with Crippen LogP contribution in [-0.4, -0.2) is 48.8 Å². The molecule has 1 fully saturated rings. The Morgan fingerprint density at radius 1 is 1.29 bits per heavy atom. The van der Waals surface area contributed by atoms with Crippen molar-refractivity contribution >= 4 is 0 Å². The third kappa shape index (κ3) is 5.58. The van der Waals surface area contributed by atoms with Gasteiger partial charge in [0.1, 0.15) is 0 Å². The van der Waals surface area contributed by atoms with Crippen molar-refractivity contribution in [2.45, 2.75) is 38.7 Å². The number of likely N-dealkylation sites (tertiary alicyclic amines) is 1. The molecule has 1 unspecified atom stereocenters. The molecule has 84 valence electrons. The highest BCUT2D eigenvalue weighted by Gasteiger charge is 2.09. The second kappa shape index (κ2) is 7.21. The van der Waals surface area contributed by atoms with Crippen molar-refractivity contribution in [3.8, 4) is 0 Å². The van der Waals surface area contributed by atoms with E-state index in [1.54, 1.807) is 0 Å². The fraction of sp³-hybridized carbons (Fsp3) is 1.00. The number of hydrogen-bond acceptors (Lipinski definition) is 3.